The molecule has 0 unspecified atom stereocenters. The summed E-state index contributed by atoms with van der Waals surface area (Å²) in [5.41, 5.74) is -4.32. The van der Waals surface area contributed by atoms with E-state index in [-0.39, 0.29) is 6.04 Å². The minimum atomic E-state index is -5.74. The molecule has 1 aliphatic heterocycles. The molecule has 7 nitrogen and oxygen atoms in total. The molecule has 0 saturated carbocycles. The zero-order valence-electron chi connectivity index (χ0n) is 19.8. The van der Waals surface area contributed by atoms with Gasteiger partial charge in [0.2, 0.25) is 0 Å². The quantitative estimate of drug-likeness (QED) is 0.415. The van der Waals surface area contributed by atoms with E-state index >= 15 is 0 Å². The first-order chi connectivity index (χ1) is 16.2. The van der Waals surface area contributed by atoms with Crippen molar-refractivity contribution in [2.24, 2.45) is 0 Å². The number of carbonyl (C=O) groups is 1. The number of alkyl halides is 3. The average Bonchev–Trinajstić information content (AvgIpc) is 2.74. The first-order valence-corrected chi connectivity index (χ1v) is 12.5. The number of halogens is 3. The lowest BCUT2D eigenvalue weighted by atomic mass is 10.0. The van der Waals surface area contributed by atoms with Crippen molar-refractivity contribution in [2.45, 2.75) is 50.9 Å². The van der Waals surface area contributed by atoms with Gasteiger partial charge in [-0.05, 0) is 50.5 Å². The Labute approximate surface area is 203 Å². The van der Waals surface area contributed by atoms with Gasteiger partial charge in [0.05, 0.1) is 6.04 Å². The van der Waals surface area contributed by atoms with Crippen molar-refractivity contribution in [3.63, 3.8) is 0 Å². The van der Waals surface area contributed by atoms with Crippen LogP contribution >= 0.6 is 0 Å². The van der Waals surface area contributed by atoms with E-state index in [2.05, 4.69) is 9.08 Å². The highest BCUT2D eigenvalue weighted by atomic mass is 32.2. The standard InChI is InChI=1S/C24H29F3N2O5S/c1-23(2,3)33-22(30)29-14-13-28(16-19-7-5-4-6-8-19)17-20(29)15-18-9-11-21(12-10-18)34-35(31,32)24(25,26)27/h4-12,20H,13-17H2,1-3H3/t20-/m1/s1. The molecule has 35 heavy (non-hydrogen) atoms. The molecule has 2 aromatic rings. The number of hydrogen-bond acceptors (Lipinski definition) is 6. The maximum atomic E-state index is 12.9. The highest BCUT2D eigenvalue weighted by molar-refractivity contribution is 7.88. The van der Waals surface area contributed by atoms with Crippen LogP contribution in [0, 0.1) is 0 Å². The smallest absolute Gasteiger partial charge is 0.444 e. The first-order valence-electron chi connectivity index (χ1n) is 11.1. The number of amides is 1. The van der Waals surface area contributed by atoms with Crippen LogP contribution in [0.2, 0.25) is 0 Å². The summed E-state index contributed by atoms with van der Waals surface area (Å²) < 4.78 is 69.9. The van der Waals surface area contributed by atoms with Crippen molar-refractivity contribution in [1.82, 2.24) is 9.80 Å². The molecule has 3 rings (SSSR count). The lowest BCUT2D eigenvalue weighted by Gasteiger charge is -2.42. The minimum Gasteiger partial charge on any atom is -0.444 e. The molecule has 1 atom stereocenters. The third kappa shape index (κ3) is 7.60. The highest BCUT2D eigenvalue weighted by Gasteiger charge is 2.48. The molecule has 192 valence electrons. The predicted molar refractivity (Wildman–Crippen MR) is 124 cm³/mol. The van der Waals surface area contributed by atoms with Gasteiger partial charge in [0, 0.05) is 26.2 Å². The van der Waals surface area contributed by atoms with Gasteiger partial charge in [-0.1, -0.05) is 42.5 Å². The summed E-state index contributed by atoms with van der Waals surface area (Å²) >= 11 is 0. The van der Waals surface area contributed by atoms with E-state index in [1.54, 1.807) is 25.7 Å². The maximum Gasteiger partial charge on any atom is 0.534 e. The maximum absolute atomic E-state index is 12.9. The van der Waals surface area contributed by atoms with E-state index in [4.69, 9.17) is 4.74 Å². The zero-order valence-corrected chi connectivity index (χ0v) is 20.6. The van der Waals surface area contributed by atoms with Crippen LogP contribution in [-0.4, -0.2) is 61.1 Å². The third-order valence-electron chi connectivity index (χ3n) is 5.33. The molecule has 0 aliphatic carbocycles. The first kappa shape index (κ1) is 26.8. The fourth-order valence-corrected chi connectivity index (χ4v) is 4.23. The van der Waals surface area contributed by atoms with Gasteiger partial charge in [-0.15, -0.1) is 0 Å². The van der Waals surface area contributed by atoms with Gasteiger partial charge in [0.1, 0.15) is 11.4 Å². The summed E-state index contributed by atoms with van der Waals surface area (Å²) in [6.45, 7) is 7.76. The van der Waals surface area contributed by atoms with Crippen LogP contribution in [0.3, 0.4) is 0 Å². The van der Waals surface area contributed by atoms with E-state index in [0.29, 0.717) is 38.2 Å². The molecule has 11 heteroatoms. The molecule has 1 amide bonds. The Hall–Kier alpha value is -2.79. The van der Waals surface area contributed by atoms with Gasteiger partial charge in [0.15, 0.2) is 0 Å². The monoisotopic (exact) mass is 514 g/mol. The molecular weight excluding hydrogens is 485 g/mol. The van der Waals surface area contributed by atoms with Crippen molar-refractivity contribution < 1.29 is 35.3 Å². The van der Waals surface area contributed by atoms with Crippen LogP contribution in [0.5, 0.6) is 5.75 Å². The van der Waals surface area contributed by atoms with Crippen molar-refractivity contribution in [2.75, 3.05) is 19.6 Å². The fraction of sp³-hybridized carbons (Fsp3) is 0.458. The molecule has 0 bridgehead atoms. The molecule has 1 heterocycles. The van der Waals surface area contributed by atoms with Gasteiger partial charge >= 0.3 is 21.7 Å². The Bertz CT molecular complexity index is 1100. The lowest BCUT2D eigenvalue weighted by Crippen LogP contribution is -2.56. The van der Waals surface area contributed by atoms with Gasteiger partial charge < -0.3 is 13.8 Å². The van der Waals surface area contributed by atoms with Gasteiger partial charge in [0.25, 0.3) is 0 Å². The molecule has 0 spiro atoms. The summed E-state index contributed by atoms with van der Waals surface area (Å²) in [5.74, 6) is -0.440. The Balaban J connectivity index is 1.75. The number of hydrogen-bond donors (Lipinski definition) is 0. The molecule has 0 radical (unpaired) electrons. The topological polar surface area (TPSA) is 76.2 Å². The van der Waals surface area contributed by atoms with Crippen LogP contribution in [0.1, 0.15) is 31.9 Å². The van der Waals surface area contributed by atoms with Gasteiger partial charge in [-0.3, -0.25) is 4.90 Å². The third-order valence-corrected chi connectivity index (χ3v) is 6.31. The second-order valence-electron chi connectivity index (χ2n) is 9.38. The van der Waals surface area contributed by atoms with Gasteiger partial charge in [-0.2, -0.15) is 21.6 Å². The second-order valence-corrected chi connectivity index (χ2v) is 10.9. The summed E-state index contributed by atoms with van der Waals surface area (Å²) in [5, 5.41) is 0. The zero-order chi connectivity index (χ0) is 25.9. The van der Waals surface area contributed by atoms with E-state index in [1.807, 2.05) is 30.3 Å². The summed E-state index contributed by atoms with van der Waals surface area (Å²) in [6, 6.07) is 15.0. The average molecular weight is 515 g/mol. The molecule has 1 fully saturated rings. The number of ether oxygens (including phenoxy) is 1. The Morgan fingerprint density at radius 1 is 0.971 bits per heavy atom. The van der Waals surface area contributed by atoms with E-state index in [0.717, 1.165) is 5.56 Å². The minimum absolute atomic E-state index is 0.256. The SMILES string of the molecule is CC(C)(C)OC(=O)N1CCN(Cc2ccccc2)C[C@H]1Cc1ccc(OS(=O)(=O)C(F)(F)F)cc1. The molecule has 0 N–H and O–H groups in total. The van der Waals surface area contributed by atoms with Crippen LogP contribution in [0.4, 0.5) is 18.0 Å². The number of benzene rings is 2. The Morgan fingerprint density at radius 2 is 1.60 bits per heavy atom. The normalized spacial score (nSPS) is 17.8. The molecule has 1 saturated heterocycles. The van der Waals surface area contributed by atoms with E-state index < -0.39 is 33.1 Å². The Morgan fingerprint density at radius 3 is 2.17 bits per heavy atom. The fourth-order valence-electron chi connectivity index (χ4n) is 3.77. The lowest BCUT2D eigenvalue weighted by molar-refractivity contribution is -0.0500. The Kier molecular flexibility index (Phi) is 8.00. The highest BCUT2D eigenvalue weighted by Crippen LogP contribution is 2.27. The molecular formula is C24H29F3N2O5S. The molecule has 0 aromatic heterocycles. The number of carbonyl (C=O) groups excluding carboxylic acids is 1. The van der Waals surface area contributed by atoms with Crippen LogP contribution < -0.4 is 4.18 Å². The van der Waals surface area contributed by atoms with Crippen LogP contribution in [-0.2, 0) is 27.8 Å². The van der Waals surface area contributed by atoms with E-state index in [1.165, 1.54) is 24.3 Å². The summed E-state index contributed by atoms with van der Waals surface area (Å²) in [4.78, 5) is 16.8. The molecule has 1 aliphatic rings. The summed E-state index contributed by atoms with van der Waals surface area (Å²) in [7, 11) is -5.74. The van der Waals surface area contributed by atoms with Crippen molar-refractivity contribution in [3.8, 4) is 5.75 Å². The summed E-state index contributed by atoms with van der Waals surface area (Å²) in [6.07, 6.45) is -0.0327. The number of rotatable bonds is 6. The van der Waals surface area contributed by atoms with Crippen molar-refractivity contribution in [3.05, 3.63) is 65.7 Å². The van der Waals surface area contributed by atoms with Crippen molar-refractivity contribution >= 4 is 16.2 Å². The predicted octanol–water partition coefficient (Wildman–Crippen LogP) is 4.58. The van der Waals surface area contributed by atoms with Gasteiger partial charge in [-0.25, -0.2) is 4.79 Å². The van der Waals surface area contributed by atoms with E-state index in [9.17, 15) is 26.4 Å². The number of piperazine rings is 1. The van der Waals surface area contributed by atoms with Crippen LogP contribution in [0.15, 0.2) is 54.6 Å². The van der Waals surface area contributed by atoms with Crippen molar-refractivity contribution in [1.29, 1.82) is 0 Å². The largest absolute Gasteiger partial charge is 0.534 e. The molecule has 2 aromatic carbocycles. The van der Waals surface area contributed by atoms with Crippen LogP contribution in [0.25, 0.3) is 0 Å². The second kappa shape index (κ2) is 10.4. The number of nitrogens with zero attached hydrogens (tertiary/aromatic N) is 2.